The van der Waals surface area contributed by atoms with Gasteiger partial charge >= 0.3 is 5.97 Å². The number of thiophene rings is 1. The number of ketones is 1. The Balaban J connectivity index is 1.40. The van der Waals surface area contributed by atoms with E-state index in [1.807, 2.05) is 48.5 Å². The van der Waals surface area contributed by atoms with Gasteiger partial charge in [0.25, 0.3) is 0 Å². The summed E-state index contributed by atoms with van der Waals surface area (Å²) in [5.41, 5.74) is 0.976. The average molecular weight is 426 g/mol. The van der Waals surface area contributed by atoms with Crippen LogP contribution in [0.15, 0.2) is 59.0 Å². The van der Waals surface area contributed by atoms with Gasteiger partial charge in [-0.3, -0.25) is 14.4 Å². The predicted molar refractivity (Wildman–Crippen MR) is 114 cm³/mol. The van der Waals surface area contributed by atoms with Gasteiger partial charge in [-0.05, 0) is 30.7 Å². The fourth-order valence-electron chi connectivity index (χ4n) is 2.81. The highest BCUT2D eigenvalue weighted by Crippen LogP contribution is 2.22. The Hall–Kier alpha value is -3.19. The lowest BCUT2D eigenvalue weighted by Gasteiger charge is -2.03. The second-order valence-corrected chi connectivity index (χ2v) is 7.88. The Bertz CT molecular complexity index is 1010. The third kappa shape index (κ3) is 6.42. The molecular weight excluding hydrogens is 402 g/mol. The largest absolute Gasteiger partial charge is 0.461 e. The third-order valence-electron chi connectivity index (χ3n) is 4.34. The van der Waals surface area contributed by atoms with Gasteiger partial charge in [-0.15, -0.1) is 11.3 Å². The van der Waals surface area contributed by atoms with Gasteiger partial charge in [-0.25, -0.2) is 0 Å². The van der Waals surface area contributed by atoms with Crippen molar-refractivity contribution >= 4 is 29.0 Å². The van der Waals surface area contributed by atoms with E-state index in [4.69, 9.17) is 9.15 Å². The van der Waals surface area contributed by atoms with Gasteiger partial charge in [0.15, 0.2) is 6.61 Å². The smallest absolute Gasteiger partial charge is 0.306 e. The lowest BCUT2D eigenvalue weighted by Crippen LogP contribution is -2.22. The van der Waals surface area contributed by atoms with Crippen molar-refractivity contribution in [3.05, 3.63) is 70.1 Å². The Kier molecular flexibility index (Phi) is 7.57. The molecule has 7 heteroatoms. The zero-order chi connectivity index (χ0) is 21.3. The summed E-state index contributed by atoms with van der Waals surface area (Å²) in [7, 11) is 0. The number of carbonyl (C=O) groups is 3. The minimum atomic E-state index is -0.441. The summed E-state index contributed by atoms with van der Waals surface area (Å²) in [6.45, 7) is 1.71. The van der Waals surface area contributed by atoms with Gasteiger partial charge in [-0.1, -0.05) is 30.3 Å². The first-order valence-electron chi connectivity index (χ1n) is 9.67. The van der Waals surface area contributed by atoms with Crippen LogP contribution in [-0.2, 0) is 27.2 Å². The molecule has 156 valence electrons. The number of aryl methyl sites for hydroxylation is 1. The topological polar surface area (TPSA) is 85.6 Å². The molecule has 6 nitrogen and oxygen atoms in total. The molecule has 2 aromatic heterocycles. The van der Waals surface area contributed by atoms with Crippen molar-refractivity contribution in [1.82, 2.24) is 5.32 Å². The number of hydrogen-bond donors (Lipinski definition) is 1. The van der Waals surface area contributed by atoms with Gasteiger partial charge in [0.05, 0.1) is 11.3 Å². The number of hydrogen-bond acceptors (Lipinski definition) is 6. The van der Waals surface area contributed by atoms with Gasteiger partial charge in [0, 0.05) is 30.3 Å². The first kappa shape index (κ1) is 21.5. The van der Waals surface area contributed by atoms with E-state index in [0.29, 0.717) is 30.0 Å². The maximum Gasteiger partial charge on any atom is 0.306 e. The van der Waals surface area contributed by atoms with E-state index in [0.717, 1.165) is 16.2 Å². The molecule has 0 saturated heterocycles. The van der Waals surface area contributed by atoms with Gasteiger partial charge in [-0.2, -0.15) is 0 Å². The van der Waals surface area contributed by atoms with Crippen LogP contribution < -0.4 is 5.32 Å². The fourth-order valence-corrected chi connectivity index (χ4v) is 3.74. The summed E-state index contributed by atoms with van der Waals surface area (Å²) in [6.07, 6.45) is 1.21. The van der Waals surface area contributed by atoms with Gasteiger partial charge in [0.2, 0.25) is 11.7 Å². The molecule has 0 radical (unpaired) electrons. The molecule has 2 heterocycles. The number of furan rings is 1. The molecule has 0 aliphatic carbocycles. The summed E-state index contributed by atoms with van der Waals surface area (Å²) >= 11 is 1.35. The summed E-state index contributed by atoms with van der Waals surface area (Å²) in [5.74, 6) is 0.688. The van der Waals surface area contributed by atoms with Crippen LogP contribution in [0.1, 0.15) is 33.7 Å². The van der Waals surface area contributed by atoms with E-state index in [9.17, 15) is 14.4 Å². The quantitative estimate of drug-likeness (QED) is 0.391. The predicted octanol–water partition coefficient (Wildman–Crippen LogP) is 4.05. The van der Waals surface area contributed by atoms with Crippen molar-refractivity contribution in [2.45, 2.75) is 26.2 Å². The van der Waals surface area contributed by atoms with E-state index in [1.54, 1.807) is 6.07 Å². The number of amides is 1. The van der Waals surface area contributed by atoms with Crippen molar-refractivity contribution in [1.29, 1.82) is 0 Å². The monoisotopic (exact) mass is 425 g/mol. The van der Waals surface area contributed by atoms with E-state index >= 15 is 0 Å². The summed E-state index contributed by atoms with van der Waals surface area (Å²) in [4.78, 5) is 36.6. The molecule has 0 saturated carbocycles. The molecule has 0 bridgehead atoms. The second-order valence-electron chi connectivity index (χ2n) is 6.71. The zero-order valence-corrected chi connectivity index (χ0v) is 17.5. The molecule has 1 amide bonds. The van der Waals surface area contributed by atoms with Crippen molar-refractivity contribution in [3.63, 3.8) is 0 Å². The molecular formula is C23H23NO5S. The molecule has 3 aromatic rings. The molecule has 30 heavy (non-hydrogen) atoms. The molecule has 0 fully saturated rings. The number of nitrogens with one attached hydrogen (secondary N) is 1. The maximum atomic E-state index is 12.2. The first-order valence-corrected chi connectivity index (χ1v) is 10.5. The molecule has 0 unspecified atom stereocenters. The fraction of sp³-hybridized carbons (Fsp3) is 0.261. The summed E-state index contributed by atoms with van der Waals surface area (Å²) < 4.78 is 10.9. The van der Waals surface area contributed by atoms with Crippen LogP contribution >= 0.6 is 11.3 Å². The summed E-state index contributed by atoms with van der Waals surface area (Å²) in [6, 6.07) is 17.0. The number of carbonyl (C=O) groups excluding carboxylic acids is 3. The van der Waals surface area contributed by atoms with E-state index < -0.39 is 5.97 Å². The lowest BCUT2D eigenvalue weighted by atomic mass is 10.2. The normalized spacial score (nSPS) is 10.6. The number of esters is 1. The van der Waals surface area contributed by atoms with Crippen LogP contribution in [0.5, 0.6) is 0 Å². The third-order valence-corrected chi connectivity index (χ3v) is 5.53. The van der Waals surface area contributed by atoms with Crippen LogP contribution in [0, 0.1) is 0 Å². The maximum absolute atomic E-state index is 12.2. The molecule has 1 N–H and O–H groups in total. The van der Waals surface area contributed by atoms with E-state index in [-0.39, 0.29) is 24.7 Å². The molecule has 0 spiro atoms. The van der Waals surface area contributed by atoms with E-state index in [1.165, 1.54) is 18.3 Å². The van der Waals surface area contributed by atoms with Gasteiger partial charge < -0.3 is 14.5 Å². The Labute approximate surface area is 178 Å². The minimum Gasteiger partial charge on any atom is -0.461 e. The molecule has 0 atom stereocenters. The zero-order valence-electron chi connectivity index (χ0n) is 16.7. The second kappa shape index (κ2) is 10.5. The molecule has 0 aliphatic rings. The van der Waals surface area contributed by atoms with Crippen molar-refractivity contribution in [3.8, 4) is 11.3 Å². The SMILES string of the molecule is CC(=O)NCCc1ccc(C(=O)COC(=O)CCc2ccc(-c3ccccc3)o2)s1. The number of ether oxygens (including phenoxy) is 1. The standard InChI is InChI=1S/C23H23NO5S/c1-16(25)24-14-13-19-9-11-22(30-19)20(26)15-28-23(27)12-8-18-7-10-21(29-18)17-5-3-2-4-6-17/h2-7,9-11H,8,12-15H2,1H3,(H,24,25). The summed E-state index contributed by atoms with van der Waals surface area (Å²) in [5, 5.41) is 2.72. The van der Waals surface area contributed by atoms with Gasteiger partial charge in [0.1, 0.15) is 11.5 Å². The van der Waals surface area contributed by atoms with Crippen molar-refractivity contribution in [2.75, 3.05) is 13.2 Å². The molecule has 0 aliphatic heterocycles. The van der Waals surface area contributed by atoms with E-state index in [2.05, 4.69) is 5.32 Å². The minimum absolute atomic E-state index is 0.0828. The number of benzene rings is 1. The first-order chi connectivity index (χ1) is 14.5. The van der Waals surface area contributed by atoms with Crippen molar-refractivity contribution in [2.24, 2.45) is 0 Å². The molecule has 3 rings (SSSR count). The van der Waals surface area contributed by atoms with Crippen LogP contribution in [0.2, 0.25) is 0 Å². The lowest BCUT2D eigenvalue weighted by molar-refractivity contribution is -0.142. The average Bonchev–Trinajstić information content (AvgIpc) is 3.41. The van der Waals surface area contributed by atoms with Crippen LogP contribution in [-0.4, -0.2) is 30.8 Å². The highest BCUT2D eigenvalue weighted by Gasteiger charge is 2.13. The Morgan fingerprint density at radius 3 is 2.57 bits per heavy atom. The highest BCUT2D eigenvalue weighted by molar-refractivity contribution is 7.14. The van der Waals surface area contributed by atoms with Crippen LogP contribution in [0.4, 0.5) is 0 Å². The van der Waals surface area contributed by atoms with Crippen LogP contribution in [0.25, 0.3) is 11.3 Å². The van der Waals surface area contributed by atoms with Crippen molar-refractivity contribution < 1.29 is 23.5 Å². The highest BCUT2D eigenvalue weighted by atomic mass is 32.1. The van der Waals surface area contributed by atoms with Crippen LogP contribution in [0.3, 0.4) is 0 Å². The Morgan fingerprint density at radius 1 is 1.00 bits per heavy atom. The molecule has 1 aromatic carbocycles. The number of Topliss-reactive ketones (excluding diaryl/α,β-unsaturated/α-hetero) is 1. The number of rotatable bonds is 10. The Morgan fingerprint density at radius 2 is 1.80 bits per heavy atom.